The van der Waals surface area contributed by atoms with E-state index >= 15 is 0 Å². The number of nitrogens with zero attached hydrogens (tertiary/aromatic N) is 4. The number of nitrogens with two attached hydrogens (primary N) is 1. The molecule has 0 saturated carbocycles. The van der Waals surface area contributed by atoms with Crippen molar-refractivity contribution in [1.29, 1.82) is 0 Å². The topological polar surface area (TPSA) is 89.6 Å². The zero-order valence-electron chi connectivity index (χ0n) is 15.6. The molecule has 0 spiro atoms. The summed E-state index contributed by atoms with van der Waals surface area (Å²) >= 11 is 8.72. The Morgan fingerprint density at radius 2 is 1.44 bits per heavy atom. The van der Waals surface area contributed by atoms with Crippen molar-refractivity contribution < 1.29 is 0 Å². The van der Waals surface area contributed by atoms with Crippen molar-refractivity contribution in [2.45, 2.75) is 38.0 Å². The van der Waals surface area contributed by atoms with Crippen molar-refractivity contribution in [3.8, 4) is 0 Å². The number of halogens is 1. The van der Waals surface area contributed by atoms with Crippen LogP contribution in [0.4, 0.5) is 5.82 Å². The maximum atomic E-state index is 5.66. The zero-order valence-corrected chi connectivity index (χ0v) is 18.0. The molecule has 0 aliphatic rings. The summed E-state index contributed by atoms with van der Waals surface area (Å²) in [5.41, 5.74) is 6.76. The Labute approximate surface area is 164 Å². The van der Waals surface area contributed by atoms with Gasteiger partial charge in [-0.2, -0.15) is 0 Å². The van der Waals surface area contributed by atoms with Crippen molar-refractivity contribution in [2.24, 2.45) is 5.73 Å². The monoisotopic (exact) mass is 402 g/mol. The van der Waals surface area contributed by atoms with Crippen LogP contribution in [-0.2, 0) is 0 Å². The molecular formula is C16H27ClN6S2. The van der Waals surface area contributed by atoms with Gasteiger partial charge in [-0.05, 0) is 45.9 Å². The minimum absolute atomic E-state index is 0.511. The third-order valence-corrected chi connectivity index (χ3v) is 3.65. The van der Waals surface area contributed by atoms with Gasteiger partial charge in [-0.3, -0.25) is 0 Å². The van der Waals surface area contributed by atoms with Gasteiger partial charge in [-0.25, -0.2) is 19.9 Å². The van der Waals surface area contributed by atoms with Crippen molar-refractivity contribution in [3.05, 3.63) is 28.7 Å². The van der Waals surface area contributed by atoms with Crippen LogP contribution in [0.15, 0.2) is 22.4 Å². The Bertz CT molecular complexity index is 607. The standard InChI is InChI=1S/C8H13N3S.C6H7ClN2S.C2H7N/c1-4-9-7-5-6(2)10-8(11-7)12-3;1-4-3-5(7)9-6(8-4)10-2;1-2-3/h5H,4H2,1-3H3,(H,9,10,11);3H,1-2H3;2-3H2,1H3. The average molecular weight is 403 g/mol. The molecule has 6 nitrogen and oxygen atoms in total. The second-order valence-electron chi connectivity index (χ2n) is 4.64. The lowest BCUT2D eigenvalue weighted by molar-refractivity contribution is 0.930. The highest BCUT2D eigenvalue weighted by Gasteiger charge is 1.99. The number of rotatable bonds is 4. The molecule has 2 aromatic heterocycles. The summed E-state index contributed by atoms with van der Waals surface area (Å²) in [6.07, 6.45) is 3.90. The van der Waals surface area contributed by atoms with E-state index < -0.39 is 0 Å². The van der Waals surface area contributed by atoms with E-state index in [4.69, 9.17) is 17.3 Å². The van der Waals surface area contributed by atoms with E-state index in [0.717, 1.165) is 40.6 Å². The SMILES string of the molecule is CCN.CCNc1cc(C)nc(SC)n1.CSc1nc(C)cc(Cl)n1. The molecular weight excluding hydrogens is 376 g/mol. The van der Waals surface area contributed by atoms with Crippen molar-refractivity contribution in [3.63, 3.8) is 0 Å². The molecule has 0 saturated heterocycles. The van der Waals surface area contributed by atoms with E-state index in [-0.39, 0.29) is 0 Å². The van der Waals surface area contributed by atoms with E-state index in [9.17, 15) is 0 Å². The fourth-order valence-electron chi connectivity index (χ4n) is 1.50. The fraction of sp³-hybridized carbons (Fsp3) is 0.500. The van der Waals surface area contributed by atoms with Gasteiger partial charge < -0.3 is 11.1 Å². The molecule has 140 valence electrons. The van der Waals surface area contributed by atoms with Crippen LogP contribution in [0.2, 0.25) is 5.15 Å². The number of nitrogens with one attached hydrogen (secondary N) is 1. The summed E-state index contributed by atoms with van der Waals surface area (Å²) in [6, 6.07) is 3.69. The summed E-state index contributed by atoms with van der Waals surface area (Å²) < 4.78 is 0. The number of thioether (sulfide) groups is 2. The van der Waals surface area contributed by atoms with E-state index in [2.05, 4.69) is 32.2 Å². The highest BCUT2D eigenvalue weighted by molar-refractivity contribution is 7.98. The van der Waals surface area contributed by atoms with Gasteiger partial charge in [0.05, 0.1) is 0 Å². The van der Waals surface area contributed by atoms with Gasteiger partial charge in [0.2, 0.25) is 0 Å². The summed E-state index contributed by atoms with van der Waals surface area (Å²) in [6.45, 7) is 9.47. The molecule has 25 heavy (non-hydrogen) atoms. The Morgan fingerprint density at radius 3 is 1.88 bits per heavy atom. The third-order valence-electron chi connectivity index (χ3n) is 2.36. The third kappa shape index (κ3) is 11.2. The maximum absolute atomic E-state index is 5.66. The van der Waals surface area contributed by atoms with Crippen molar-refractivity contribution >= 4 is 40.9 Å². The first kappa shape index (κ1) is 23.9. The molecule has 0 aliphatic carbocycles. The molecule has 0 amide bonds. The van der Waals surface area contributed by atoms with Crippen LogP contribution in [0.3, 0.4) is 0 Å². The first-order valence-corrected chi connectivity index (χ1v) is 10.6. The molecule has 9 heteroatoms. The van der Waals surface area contributed by atoms with Gasteiger partial charge in [0.15, 0.2) is 10.3 Å². The quantitative estimate of drug-likeness (QED) is 0.449. The maximum Gasteiger partial charge on any atom is 0.189 e. The van der Waals surface area contributed by atoms with Crippen LogP contribution in [0.5, 0.6) is 0 Å². The molecule has 0 radical (unpaired) electrons. The van der Waals surface area contributed by atoms with Crippen LogP contribution < -0.4 is 11.1 Å². The van der Waals surface area contributed by atoms with Gasteiger partial charge >= 0.3 is 0 Å². The number of hydrogen-bond acceptors (Lipinski definition) is 8. The first-order valence-electron chi connectivity index (χ1n) is 7.78. The van der Waals surface area contributed by atoms with E-state index in [1.54, 1.807) is 17.8 Å². The van der Waals surface area contributed by atoms with Gasteiger partial charge in [0, 0.05) is 24.0 Å². The molecule has 0 atom stereocenters. The largest absolute Gasteiger partial charge is 0.370 e. The van der Waals surface area contributed by atoms with Crippen LogP contribution in [0.25, 0.3) is 0 Å². The predicted octanol–water partition coefficient (Wildman–Crippen LogP) is 4.06. The molecule has 3 N–H and O–H groups in total. The lowest BCUT2D eigenvalue weighted by Crippen LogP contribution is -2.01. The van der Waals surface area contributed by atoms with Crippen molar-refractivity contribution in [1.82, 2.24) is 19.9 Å². The van der Waals surface area contributed by atoms with Gasteiger partial charge in [0.25, 0.3) is 0 Å². The molecule has 2 aromatic rings. The van der Waals surface area contributed by atoms with Crippen LogP contribution in [-0.4, -0.2) is 45.5 Å². The smallest absolute Gasteiger partial charge is 0.189 e. The molecule has 0 unspecified atom stereocenters. The zero-order chi connectivity index (χ0) is 19.2. The molecule has 2 heterocycles. The number of anilines is 1. The summed E-state index contributed by atoms with van der Waals surface area (Å²) in [5.74, 6) is 0.911. The first-order chi connectivity index (χ1) is 11.9. The van der Waals surface area contributed by atoms with Gasteiger partial charge in [-0.15, -0.1) is 0 Å². The lowest BCUT2D eigenvalue weighted by Gasteiger charge is -2.04. The number of aromatic nitrogens is 4. The summed E-state index contributed by atoms with van der Waals surface area (Å²) in [5, 5.41) is 5.22. The van der Waals surface area contributed by atoms with Crippen LogP contribution in [0.1, 0.15) is 25.2 Å². The Kier molecular flexibility index (Phi) is 13.5. The van der Waals surface area contributed by atoms with E-state index in [1.807, 2.05) is 39.3 Å². The van der Waals surface area contributed by atoms with E-state index in [0.29, 0.717) is 5.15 Å². The van der Waals surface area contributed by atoms with Crippen LogP contribution >= 0.6 is 35.1 Å². The van der Waals surface area contributed by atoms with Gasteiger partial charge in [0.1, 0.15) is 11.0 Å². The molecule has 0 bridgehead atoms. The molecule has 0 aromatic carbocycles. The lowest BCUT2D eigenvalue weighted by atomic mass is 10.4. The van der Waals surface area contributed by atoms with Crippen molar-refractivity contribution in [2.75, 3.05) is 30.9 Å². The predicted molar refractivity (Wildman–Crippen MR) is 111 cm³/mol. The second kappa shape index (κ2) is 14.1. The molecule has 0 fully saturated rings. The van der Waals surface area contributed by atoms with Crippen LogP contribution in [0, 0.1) is 13.8 Å². The molecule has 0 aliphatic heterocycles. The summed E-state index contributed by atoms with van der Waals surface area (Å²) in [4.78, 5) is 16.6. The minimum Gasteiger partial charge on any atom is -0.370 e. The Balaban J connectivity index is 0.000000403. The second-order valence-corrected chi connectivity index (χ2v) is 6.57. The molecule has 2 rings (SSSR count). The number of aryl methyl sites for hydroxylation is 2. The Morgan fingerprint density at radius 1 is 0.960 bits per heavy atom. The Hall–Kier alpha value is -1.09. The normalized spacial score (nSPS) is 9.44. The average Bonchev–Trinajstić information content (AvgIpc) is 2.55. The summed E-state index contributed by atoms with van der Waals surface area (Å²) in [7, 11) is 0. The fourth-order valence-corrected chi connectivity index (χ4v) is 2.64. The van der Waals surface area contributed by atoms with E-state index in [1.165, 1.54) is 11.8 Å². The highest BCUT2D eigenvalue weighted by atomic mass is 35.5. The highest BCUT2D eigenvalue weighted by Crippen LogP contribution is 2.13. The number of hydrogen-bond donors (Lipinski definition) is 2. The minimum atomic E-state index is 0.511. The van der Waals surface area contributed by atoms with Gasteiger partial charge in [-0.1, -0.05) is 42.0 Å².